The maximum atomic E-state index is 5.99. The zero-order chi connectivity index (χ0) is 13.9. The number of pyridine rings is 1. The molecule has 20 heavy (non-hydrogen) atoms. The number of anilines is 1. The van der Waals surface area contributed by atoms with Crippen molar-refractivity contribution in [2.45, 2.75) is 6.54 Å². The number of fused-ring (bicyclic) bond motifs is 1. The van der Waals surface area contributed by atoms with E-state index in [1.165, 1.54) is 0 Å². The third-order valence-corrected chi connectivity index (χ3v) is 3.22. The fourth-order valence-corrected chi connectivity index (χ4v) is 2.17. The molecule has 2 N–H and O–H groups in total. The van der Waals surface area contributed by atoms with Crippen LogP contribution in [-0.4, -0.2) is 22.3 Å². The normalized spacial score (nSPS) is 10.7. The van der Waals surface area contributed by atoms with Gasteiger partial charge in [-0.05, 0) is 17.7 Å². The molecule has 5 nitrogen and oxygen atoms in total. The molecule has 0 unspecified atom stereocenters. The largest absolute Gasteiger partial charge is 0.497 e. The van der Waals surface area contributed by atoms with Crippen LogP contribution in [0.2, 0.25) is 5.15 Å². The first kappa shape index (κ1) is 12.7. The number of methoxy groups -OCH3 is 1. The van der Waals surface area contributed by atoms with Crippen LogP contribution >= 0.6 is 11.6 Å². The van der Waals surface area contributed by atoms with Gasteiger partial charge in [-0.1, -0.05) is 23.7 Å². The van der Waals surface area contributed by atoms with Crippen molar-refractivity contribution >= 4 is 28.3 Å². The summed E-state index contributed by atoms with van der Waals surface area (Å²) >= 11 is 5.99. The first-order chi connectivity index (χ1) is 9.76. The number of halogens is 1. The van der Waals surface area contributed by atoms with Gasteiger partial charge in [-0.2, -0.15) is 5.10 Å². The predicted octanol–water partition coefficient (Wildman–Crippen LogP) is 3.23. The lowest BCUT2D eigenvalue weighted by Gasteiger charge is -2.08. The van der Waals surface area contributed by atoms with E-state index in [0.717, 1.165) is 28.0 Å². The molecule has 3 aromatic rings. The molecule has 0 spiro atoms. The van der Waals surface area contributed by atoms with Gasteiger partial charge in [-0.3, -0.25) is 5.10 Å². The Kier molecular flexibility index (Phi) is 3.43. The Morgan fingerprint density at radius 2 is 2.10 bits per heavy atom. The van der Waals surface area contributed by atoms with Crippen molar-refractivity contribution in [3.8, 4) is 5.75 Å². The van der Waals surface area contributed by atoms with E-state index in [9.17, 15) is 0 Å². The summed E-state index contributed by atoms with van der Waals surface area (Å²) < 4.78 is 5.13. The summed E-state index contributed by atoms with van der Waals surface area (Å²) in [6.07, 6.45) is 1.73. The van der Waals surface area contributed by atoms with Crippen molar-refractivity contribution in [3.05, 3.63) is 47.2 Å². The van der Waals surface area contributed by atoms with Crippen LogP contribution in [0.5, 0.6) is 5.75 Å². The third kappa shape index (κ3) is 2.53. The number of aromatic nitrogens is 3. The number of H-pyrrole nitrogens is 1. The average Bonchev–Trinajstić information content (AvgIpc) is 2.93. The number of nitrogens with one attached hydrogen (secondary N) is 2. The molecule has 0 bridgehead atoms. The van der Waals surface area contributed by atoms with Crippen LogP contribution in [0.15, 0.2) is 36.5 Å². The van der Waals surface area contributed by atoms with E-state index < -0.39 is 0 Å². The summed E-state index contributed by atoms with van der Waals surface area (Å²) in [6.45, 7) is 0.650. The Hall–Kier alpha value is -2.27. The third-order valence-electron chi connectivity index (χ3n) is 3.03. The highest BCUT2D eigenvalue weighted by atomic mass is 35.5. The lowest BCUT2D eigenvalue weighted by molar-refractivity contribution is 0.414. The van der Waals surface area contributed by atoms with Crippen molar-refractivity contribution in [2.24, 2.45) is 0 Å². The van der Waals surface area contributed by atoms with Gasteiger partial charge in [-0.15, -0.1) is 0 Å². The molecule has 0 aliphatic rings. The molecule has 0 fully saturated rings. The minimum Gasteiger partial charge on any atom is -0.497 e. The molecule has 0 atom stereocenters. The van der Waals surface area contributed by atoms with Gasteiger partial charge in [0.2, 0.25) is 0 Å². The van der Waals surface area contributed by atoms with Gasteiger partial charge in [0.25, 0.3) is 0 Å². The van der Waals surface area contributed by atoms with Gasteiger partial charge in [0.05, 0.1) is 24.2 Å². The highest BCUT2D eigenvalue weighted by Crippen LogP contribution is 2.23. The molecule has 6 heteroatoms. The van der Waals surface area contributed by atoms with Crippen molar-refractivity contribution in [1.82, 2.24) is 15.2 Å². The lowest BCUT2D eigenvalue weighted by Crippen LogP contribution is -2.02. The Bertz CT molecular complexity index is 724. The Morgan fingerprint density at radius 1 is 1.30 bits per heavy atom. The number of nitrogens with zero attached hydrogens (tertiary/aromatic N) is 2. The fraction of sp³-hybridized carbons (Fsp3) is 0.143. The Labute approximate surface area is 120 Å². The SMILES string of the molecule is COc1ccc(CNc2nc(Cl)cc3[nH]ncc23)cc1. The maximum Gasteiger partial charge on any atom is 0.139 e. The average molecular weight is 289 g/mol. The molecule has 0 aliphatic carbocycles. The summed E-state index contributed by atoms with van der Waals surface area (Å²) in [5, 5.41) is 11.5. The zero-order valence-corrected chi connectivity index (χ0v) is 11.6. The second-order valence-electron chi connectivity index (χ2n) is 4.33. The van der Waals surface area contributed by atoms with Crippen molar-refractivity contribution in [3.63, 3.8) is 0 Å². The van der Waals surface area contributed by atoms with Crippen molar-refractivity contribution < 1.29 is 4.74 Å². The maximum absolute atomic E-state index is 5.99. The van der Waals surface area contributed by atoms with Gasteiger partial charge in [0, 0.05) is 12.6 Å². The van der Waals surface area contributed by atoms with Crippen molar-refractivity contribution in [1.29, 1.82) is 0 Å². The Morgan fingerprint density at radius 3 is 2.85 bits per heavy atom. The fourth-order valence-electron chi connectivity index (χ4n) is 1.98. The van der Waals surface area contributed by atoms with E-state index in [2.05, 4.69) is 20.5 Å². The van der Waals surface area contributed by atoms with Crippen LogP contribution in [0, 0.1) is 0 Å². The van der Waals surface area contributed by atoms with Crippen LogP contribution in [0.3, 0.4) is 0 Å². The zero-order valence-electron chi connectivity index (χ0n) is 10.9. The molecular formula is C14H13ClN4O. The predicted molar refractivity (Wildman–Crippen MR) is 79.2 cm³/mol. The summed E-state index contributed by atoms with van der Waals surface area (Å²) in [5.74, 6) is 1.56. The van der Waals surface area contributed by atoms with E-state index in [4.69, 9.17) is 16.3 Å². The number of ether oxygens (including phenoxy) is 1. The molecule has 0 amide bonds. The van der Waals surface area contributed by atoms with Gasteiger partial charge < -0.3 is 10.1 Å². The second kappa shape index (κ2) is 5.38. The summed E-state index contributed by atoms with van der Waals surface area (Å²) in [6, 6.07) is 9.61. The van der Waals surface area contributed by atoms with Crippen LogP contribution < -0.4 is 10.1 Å². The number of benzene rings is 1. The highest BCUT2D eigenvalue weighted by molar-refractivity contribution is 6.30. The van der Waals surface area contributed by atoms with E-state index >= 15 is 0 Å². The molecule has 102 valence electrons. The molecule has 1 aromatic carbocycles. The molecular weight excluding hydrogens is 276 g/mol. The number of hydrogen-bond acceptors (Lipinski definition) is 4. The molecule has 3 rings (SSSR count). The highest BCUT2D eigenvalue weighted by Gasteiger charge is 2.06. The number of aromatic amines is 1. The number of hydrogen-bond donors (Lipinski definition) is 2. The molecule has 0 radical (unpaired) electrons. The topological polar surface area (TPSA) is 62.8 Å². The summed E-state index contributed by atoms with van der Waals surface area (Å²) in [4.78, 5) is 4.29. The summed E-state index contributed by atoms with van der Waals surface area (Å²) in [5.41, 5.74) is 1.99. The molecule has 0 saturated heterocycles. The second-order valence-corrected chi connectivity index (χ2v) is 4.71. The van der Waals surface area contributed by atoms with E-state index in [0.29, 0.717) is 11.7 Å². The molecule has 0 saturated carbocycles. The van der Waals surface area contributed by atoms with Crippen LogP contribution in [0.1, 0.15) is 5.56 Å². The molecule has 0 aliphatic heterocycles. The summed E-state index contributed by atoms with van der Waals surface area (Å²) in [7, 11) is 1.65. The van der Waals surface area contributed by atoms with E-state index in [-0.39, 0.29) is 0 Å². The van der Waals surface area contributed by atoms with Gasteiger partial charge in [0.15, 0.2) is 0 Å². The van der Waals surface area contributed by atoms with Crippen LogP contribution in [0.4, 0.5) is 5.82 Å². The smallest absolute Gasteiger partial charge is 0.139 e. The van der Waals surface area contributed by atoms with Crippen LogP contribution in [0.25, 0.3) is 10.9 Å². The van der Waals surface area contributed by atoms with Gasteiger partial charge in [-0.25, -0.2) is 4.98 Å². The van der Waals surface area contributed by atoms with E-state index in [1.54, 1.807) is 19.4 Å². The van der Waals surface area contributed by atoms with Gasteiger partial charge >= 0.3 is 0 Å². The minimum atomic E-state index is 0.430. The number of rotatable bonds is 4. The van der Waals surface area contributed by atoms with Gasteiger partial charge in [0.1, 0.15) is 16.7 Å². The minimum absolute atomic E-state index is 0.430. The molecule has 2 aromatic heterocycles. The quantitative estimate of drug-likeness (QED) is 0.724. The standard InChI is InChI=1S/C14H13ClN4O/c1-20-10-4-2-9(3-5-10)7-16-14-11-8-17-19-12(11)6-13(15)18-14/h2-6,8H,7H2,1H3,(H,16,18)(H,17,19). The Balaban J connectivity index is 1.80. The monoisotopic (exact) mass is 288 g/mol. The first-order valence-corrected chi connectivity index (χ1v) is 6.50. The first-order valence-electron chi connectivity index (χ1n) is 6.12. The lowest BCUT2D eigenvalue weighted by atomic mass is 10.2. The van der Waals surface area contributed by atoms with Crippen molar-refractivity contribution in [2.75, 3.05) is 12.4 Å². The van der Waals surface area contributed by atoms with E-state index in [1.807, 2.05) is 24.3 Å². The van der Waals surface area contributed by atoms with Crippen LogP contribution in [-0.2, 0) is 6.54 Å². The molecule has 2 heterocycles.